The molecule has 0 atom stereocenters. The van der Waals surface area contributed by atoms with E-state index in [1.165, 1.54) is 12.1 Å². The monoisotopic (exact) mass is 525 g/mol. The number of carbonyl (C=O) groups is 3. The number of benzene rings is 2. The van der Waals surface area contributed by atoms with Gasteiger partial charge in [-0.3, -0.25) is 14.4 Å². The van der Waals surface area contributed by atoms with Gasteiger partial charge in [0.25, 0.3) is 11.8 Å². The predicted octanol–water partition coefficient (Wildman–Crippen LogP) is 2.39. The summed E-state index contributed by atoms with van der Waals surface area (Å²) in [4.78, 5) is 43.9. The number of anilines is 2. The number of hydrogen-bond donors (Lipinski definition) is 2. The number of aliphatic imine (C=N–C) groups is 1. The summed E-state index contributed by atoms with van der Waals surface area (Å²) in [5.74, 6) is -1.56. The van der Waals surface area contributed by atoms with Gasteiger partial charge in [0.1, 0.15) is 18.0 Å². The molecule has 2 aromatic carbocycles. The van der Waals surface area contributed by atoms with Gasteiger partial charge in [0, 0.05) is 43.2 Å². The van der Waals surface area contributed by atoms with Crippen LogP contribution in [0.2, 0.25) is 0 Å². The van der Waals surface area contributed by atoms with Crippen molar-refractivity contribution in [3.05, 3.63) is 59.0 Å². The Morgan fingerprint density at radius 3 is 2.63 bits per heavy atom. The Morgan fingerprint density at radius 2 is 2.03 bits per heavy atom. The van der Waals surface area contributed by atoms with E-state index >= 15 is 0 Å². The molecule has 0 saturated carbocycles. The maximum atomic E-state index is 14.3. The number of ether oxygens (including phenoxy) is 2. The number of nitrogens with zero attached hydrogens (tertiary/aromatic N) is 3. The minimum atomic E-state index is -0.898. The number of aryl methyl sites for hydroxylation is 1. The summed E-state index contributed by atoms with van der Waals surface area (Å²) in [6.45, 7) is 5.32. The van der Waals surface area contributed by atoms with Crippen molar-refractivity contribution in [2.75, 3.05) is 49.8 Å². The summed E-state index contributed by atoms with van der Waals surface area (Å²) in [5.41, 5.74) is 13.8. The van der Waals surface area contributed by atoms with Gasteiger partial charge in [0.15, 0.2) is 17.9 Å². The minimum Gasteiger partial charge on any atom is -0.491 e. The standard InChI is InChI=1S/C27H32FN5O5/c1-4-38-24-8-5-18(14-21(24)28)31-22(15-34)20(26(29)27(30)36)9-10-32(3)19-6-7-23(17(2)13-19)33-11-12-37-16-25(33)35/h5-8,13-15H,4,9-12,16,29H2,1-3H3,(H2,30,36). The van der Waals surface area contributed by atoms with E-state index in [1.54, 1.807) is 11.8 Å². The first kappa shape index (κ1) is 28.3. The average Bonchev–Trinajstić information content (AvgIpc) is 2.89. The highest BCUT2D eigenvalue weighted by Crippen LogP contribution is 2.27. The van der Waals surface area contributed by atoms with Crippen LogP contribution in [0.25, 0.3) is 0 Å². The number of halogens is 1. The van der Waals surface area contributed by atoms with Crippen molar-refractivity contribution in [3.63, 3.8) is 0 Å². The van der Waals surface area contributed by atoms with E-state index < -0.39 is 11.7 Å². The van der Waals surface area contributed by atoms with Crippen LogP contribution in [0.1, 0.15) is 18.9 Å². The molecule has 1 fully saturated rings. The normalized spacial score (nSPS) is 14.7. The lowest BCUT2D eigenvalue weighted by Gasteiger charge is -2.29. The molecular formula is C27H32FN5O5. The lowest BCUT2D eigenvalue weighted by atomic mass is 10.0. The second kappa shape index (κ2) is 12.8. The van der Waals surface area contributed by atoms with Crippen LogP contribution in [0.4, 0.5) is 21.5 Å². The summed E-state index contributed by atoms with van der Waals surface area (Å²) in [6.07, 6.45) is 0.614. The molecule has 38 heavy (non-hydrogen) atoms. The van der Waals surface area contributed by atoms with Crippen LogP contribution in [-0.4, -0.2) is 63.8 Å². The van der Waals surface area contributed by atoms with Gasteiger partial charge in [-0.1, -0.05) is 0 Å². The number of rotatable bonds is 11. The van der Waals surface area contributed by atoms with E-state index in [2.05, 4.69) is 4.99 Å². The van der Waals surface area contributed by atoms with Gasteiger partial charge in [0.2, 0.25) is 0 Å². The van der Waals surface area contributed by atoms with Gasteiger partial charge in [-0.25, -0.2) is 9.38 Å². The summed E-state index contributed by atoms with van der Waals surface area (Å²) in [5, 5.41) is 0. The fourth-order valence-electron chi connectivity index (χ4n) is 4.05. The zero-order valence-corrected chi connectivity index (χ0v) is 21.7. The molecule has 1 aliphatic heterocycles. The Balaban J connectivity index is 1.82. The van der Waals surface area contributed by atoms with Crippen LogP contribution < -0.4 is 26.0 Å². The molecule has 2 aromatic rings. The van der Waals surface area contributed by atoms with Gasteiger partial charge in [0.05, 0.1) is 18.9 Å². The van der Waals surface area contributed by atoms with E-state index in [0.717, 1.165) is 23.0 Å². The molecule has 0 spiro atoms. The van der Waals surface area contributed by atoms with E-state index in [-0.39, 0.29) is 47.4 Å². The largest absolute Gasteiger partial charge is 0.491 e. The first-order valence-corrected chi connectivity index (χ1v) is 12.1. The smallest absolute Gasteiger partial charge is 0.264 e. The van der Waals surface area contributed by atoms with Gasteiger partial charge < -0.3 is 30.7 Å². The highest BCUT2D eigenvalue weighted by molar-refractivity contribution is 6.37. The molecular weight excluding hydrogens is 493 g/mol. The summed E-state index contributed by atoms with van der Waals surface area (Å²) in [6, 6.07) is 9.72. The predicted molar refractivity (Wildman–Crippen MR) is 143 cm³/mol. The fourth-order valence-corrected chi connectivity index (χ4v) is 4.05. The topological polar surface area (TPSA) is 141 Å². The SMILES string of the molecule is CCOc1ccc(N=C(C=O)C(CCN(C)c2ccc(N3CCOCC3=O)c(C)c2)=C(N)C(N)=O)cc1F. The Bertz CT molecular complexity index is 1280. The molecule has 1 saturated heterocycles. The number of nitrogens with two attached hydrogens (primary N) is 2. The van der Waals surface area contributed by atoms with Gasteiger partial charge in [-0.15, -0.1) is 0 Å². The van der Waals surface area contributed by atoms with Crippen molar-refractivity contribution in [1.82, 2.24) is 0 Å². The molecule has 202 valence electrons. The Kier molecular flexibility index (Phi) is 9.55. The third-order valence-corrected chi connectivity index (χ3v) is 6.07. The molecule has 4 N–H and O–H groups in total. The molecule has 0 unspecified atom stereocenters. The number of morpholine rings is 1. The lowest BCUT2D eigenvalue weighted by Crippen LogP contribution is -2.42. The Morgan fingerprint density at radius 1 is 1.26 bits per heavy atom. The fraction of sp³-hybridized carbons (Fsp3) is 0.333. The quantitative estimate of drug-likeness (QED) is 0.261. The van der Waals surface area contributed by atoms with Crippen LogP contribution in [0.3, 0.4) is 0 Å². The van der Waals surface area contributed by atoms with Crippen molar-refractivity contribution >= 4 is 40.9 Å². The van der Waals surface area contributed by atoms with E-state index in [1.807, 2.05) is 37.1 Å². The molecule has 0 aromatic heterocycles. The molecule has 10 nitrogen and oxygen atoms in total. The van der Waals surface area contributed by atoms with Crippen LogP contribution in [-0.2, 0) is 19.1 Å². The zero-order valence-electron chi connectivity index (χ0n) is 21.7. The average molecular weight is 526 g/mol. The molecule has 1 aliphatic rings. The van der Waals surface area contributed by atoms with E-state index in [4.69, 9.17) is 20.9 Å². The number of amides is 2. The minimum absolute atomic E-state index is 0.0570. The van der Waals surface area contributed by atoms with Crippen molar-refractivity contribution < 1.29 is 28.2 Å². The van der Waals surface area contributed by atoms with Gasteiger partial charge in [-0.2, -0.15) is 0 Å². The number of primary amides is 1. The first-order chi connectivity index (χ1) is 18.2. The molecule has 1 heterocycles. The Labute approximate surface area is 220 Å². The number of carbonyl (C=O) groups excluding carboxylic acids is 3. The third kappa shape index (κ3) is 6.74. The van der Waals surface area contributed by atoms with Gasteiger partial charge >= 0.3 is 0 Å². The third-order valence-electron chi connectivity index (χ3n) is 6.07. The zero-order chi connectivity index (χ0) is 27.8. The van der Waals surface area contributed by atoms with Crippen LogP contribution >= 0.6 is 0 Å². The van der Waals surface area contributed by atoms with Crippen molar-refractivity contribution in [2.45, 2.75) is 20.3 Å². The number of hydrogen-bond acceptors (Lipinski definition) is 8. The first-order valence-electron chi connectivity index (χ1n) is 12.1. The molecule has 0 radical (unpaired) electrons. The molecule has 11 heteroatoms. The molecule has 3 rings (SSSR count). The summed E-state index contributed by atoms with van der Waals surface area (Å²) in [7, 11) is 1.84. The second-order valence-corrected chi connectivity index (χ2v) is 8.66. The van der Waals surface area contributed by atoms with Crippen molar-refractivity contribution in [1.29, 1.82) is 0 Å². The summed E-state index contributed by atoms with van der Waals surface area (Å²) >= 11 is 0. The van der Waals surface area contributed by atoms with Gasteiger partial charge in [-0.05, 0) is 56.2 Å². The maximum absolute atomic E-state index is 14.3. The highest BCUT2D eigenvalue weighted by Gasteiger charge is 2.22. The molecule has 0 aliphatic carbocycles. The van der Waals surface area contributed by atoms with Crippen LogP contribution in [0, 0.1) is 12.7 Å². The summed E-state index contributed by atoms with van der Waals surface area (Å²) < 4.78 is 24.7. The van der Waals surface area contributed by atoms with Crippen LogP contribution in [0.5, 0.6) is 5.75 Å². The van der Waals surface area contributed by atoms with Crippen LogP contribution in [0.15, 0.2) is 52.7 Å². The van der Waals surface area contributed by atoms with E-state index in [9.17, 15) is 18.8 Å². The Hall–Kier alpha value is -4.25. The molecule has 0 bridgehead atoms. The van der Waals surface area contributed by atoms with Crippen molar-refractivity contribution in [3.8, 4) is 5.75 Å². The van der Waals surface area contributed by atoms with E-state index in [0.29, 0.717) is 32.6 Å². The molecule has 2 amide bonds. The second-order valence-electron chi connectivity index (χ2n) is 8.66. The number of aldehydes is 1. The van der Waals surface area contributed by atoms with Crippen molar-refractivity contribution in [2.24, 2.45) is 16.5 Å². The maximum Gasteiger partial charge on any atom is 0.264 e. The highest BCUT2D eigenvalue weighted by atomic mass is 19.1. The lowest BCUT2D eigenvalue weighted by molar-refractivity contribution is -0.125.